The molecule has 22 heavy (non-hydrogen) atoms. The van der Waals surface area contributed by atoms with E-state index < -0.39 is 0 Å². The maximum Gasteiger partial charge on any atom is 0.138 e. The Morgan fingerprint density at radius 2 is 1.64 bits per heavy atom. The number of anilines is 1. The lowest BCUT2D eigenvalue weighted by atomic mass is 10.1. The smallest absolute Gasteiger partial charge is 0.138 e. The highest BCUT2D eigenvalue weighted by Gasteiger charge is 2.14. The molecule has 0 amide bonds. The number of fused-ring (bicyclic) bond motifs is 1. The summed E-state index contributed by atoms with van der Waals surface area (Å²) < 4.78 is 0. The van der Waals surface area contributed by atoms with Crippen LogP contribution < -0.4 is 4.90 Å². The van der Waals surface area contributed by atoms with Crippen LogP contribution in [0.1, 0.15) is 0 Å². The minimum atomic E-state index is 0.936. The first-order valence-corrected chi connectivity index (χ1v) is 7.78. The van der Waals surface area contributed by atoms with E-state index in [0.717, 1.165) is 48.6 Å². The van der Waals surface area contributed by atoms with Gasteiger partial charge in [-0.1, -0.05) is 12.1 Å². The molecule has 2 heterocycles. The maximum atomic E-state index is 4.66. The highest BCUT2D eigenvalue weighted by Crippen LogP contribution is 2.24. The maximum absolute atomic E-state index is 4.66. The van der Waals surface area contributed by atoms with Gasteiger partial charge in [-0.2, -0.15) is 0 Å². The van der Waals surface area contributed by atoms with Crippen LogP contribution in [0, 0.1) is 0 Å². The molecule has 1 saturated heterocycles. The minimum Gasteiger partial charge on any atom is -0.369 e. The second kappa shape index (κ2) is 5.46. The van der Waals surface area contributed by atoms with Gasteiger partial charge in [0.2, 0.25) is 0 Å². The summed E-state index contributed by atoms with van der Waals surface area (Å²) in [6, 6.07) is 16.9. The first-order chi connectivity index (χ1) is 10.8. The van der Waals surface area contributed by atoms with Crippen LogP contribution >= 0.6 is 0 Å². The summed E-state index contributed by atoms with van der Waals surface area (Å²) in [6.45, 7) is 4.46. The molecule has 3 aromatic rings. The van der Waals surface area contributed by atoms with Gasteiger partial charge >= 0.3 is 0 Å². The Bertz CT molecular complexity index is 734. The number of hydrogen-bond donors (Lipinski definition) is 1. The van der Waals surface area contributed by atoms with Crippen LogP contribution in [0.4, 0.5) is 5.69 Å². The van der Waals surface area contributed by atoms with Gasteiger partial charge in [0.25, 0.3) is 0 Å². The molecule has 0 spiro atoms. The van der Waals surface area contributed by atoms with Gasteiger partial charge in [-0.15, -0.1) is 0 Å². The van der Waals surface area contributed by atoms with Crippen molar-refractivity contribution in [1.29, 1.82) is 0 Å². The predicted molar refractivity (Wildman–Crippen MR) is 91.2 cm³/mol. The lowest BCUT2D eigenvalue weighted by molar-refractivity contribution is 0.313. The first-order valence-electron chi connectivity index (χ1n) is 7.78. The van der Waals surface area contributed by atoms with E-state index in [1.165, 1.54) is 5.69 Å². The van der Waals surface area contributed by atoms with Gasteiger partial charge in [-0.25, -0.2) is 4.98 Å². The van der Waals surface area contributed by atoms with Crippen LogP contribution in [-0.2, 0) is 0 Å². The molecule has 4 rings (SSSR count). The van der Waals surface area contributed by atoms with Crippen molar-refractivity contribution in [2.24, 2.45) is 0 Å². The van der Waals surface area contributed by atoms with Gasteiger partial charge in [0.15, 0.2) is 0 Å². The molecule has 0 saturated carbocycles. The number of nitrogens with zero attached hydrogens (tertiary/aromatic N) is 3. The van der Waals surface area contributed by atoms with Crippen molar-refractivity contribution in [2.45, 2.75) is 0 Å². The van der Waals surface area contributed by atoms with Crippen molar-refractivity contribution in [3.05, 3.63) is 48.5 Å². The topological polar surface area (TPSA) is 35.2 Å². The molecule has 112 valence electrons. The van der Waals surface area contributed by atoms with E-state index in [9.17, 15) is 0 Å². The Labute approximate surface area is 130 Å². The van der Waals surface area contributed by atoms with E-state index >= 15 is 0 Å². The minimum absolute atomic E-state index is 0.936. The van der Waals surface area contributed by atoms with Crippen LogP contribution in [-0.4, -0.2) is 48.1 Å². The zero-order chi connectivity index (χ0) is 14.9. The van der Waals surface area contributed by atoms with E-state index in [0.29, 0.717) is 0 Å². The standard InChI is InChI=1S/C18H20N4/c1-21-10-12-22(13-11-21)15-8-6-14(7-9-15)18-19-16-4-2-3-5-17(16)20-18/h2-9H,10-13H2,1H3,(H,19,20). The molecule has 0 bridgehead atoms. The second-order valence-corrected chi connectivity index (χ2v) is 5.94. The first kappa shape index (κ1) is 13.3. The van der Waals surface area contributed by atoms with Crippen molar-refractivity contribution in [3.63, 3.8) is 0 Å². The Morgan fingerprint density at radius 1 is 0.909 bits per heavy atom. The number of hydrogen-bond acceptors (Lipinski definition) is 3. The molecular formula is C18H20N4. The third-order valence-electron chi connectivity index (χ3n) is 4.40. The molecule has 2 aromatic carbocycles. The summed E-state index contributed by atoms with van der Waals surface area (Å²) in [5.74, 6) is 0.936. The highest BCUT2D eigenvalue weighted by atomic mass is 15.2. The number of benzene rings is 2. The van der Waals surface area contributed by atoms with Gasteiger partial charge in [-0.3, -0.25) is 0 Å². The van der Waals surface area contributed by atoms with Gasteiger partial charge in [0, 0.05) is 37.4 Å². The fourth-order valence-corrected chi connectivity index (χ4v) is 2.98. The average molecular weight is 292 g/mol. The van der Waals surface area contributed by atoms with E-state index in [4.69, 9.17) is 0 Å². The van der Waals surface area contributed by atoms with Crippen LogP contribution in [0.2, 0.25) is 0 Å². The molecule has 1 N–H and O–H groups in total. The van der Waals surface area contributed by atoms with Crippen LogP contribution in [0.15, 0.2) is 48.5 Å². The van der Waals surface area contributed by atoms with Crippen molar-refractivity contribution in [1.82, 2.24) is 14.9 Å². The number of aromatic amines is 1. The monoisotopic (exact) mass is 292 g/mol. The third-order valence-corrected chi connectivity index (χ3v) is 4.40. The molecule has 0 unspecified atom stereocenters. The van der Waals surface area contributed by atoms with Crippen LogP contribution in [0.25, 0.3) is 22.4 Å². The summed E-state index contributed by atoms with van der Waals surface area (Å²) >= 11 is 0. The summed E-state index contributed by atoms with van der Waals surface area (Å²) in [7, 11) is 2.18. The molecule has 1 aliphatic rings. The van der Waals surface area contributed by atoms with Crippen LogP contribution in [0.5, 0.6) is 0 Å². The lowest BCUT2D eigenvalue weighted by Crippen LogP contribution is -2.44. The van der Waals surface area contributed by atoms with E-state index in [1.807, 2.05) is 18.2 Å². The predicted octanol–water partition coefficient (Wildman–Crippen LogP) is 2.98. The Balaban J connectivity index is 1.58. The van der Waals surface area contributed by atoms with E-state index in [2.05, 4.69) is 57.1 Å². The number of rotatable bonds is 2. The second-order valence-electron chi connectivity index (χ2n) is 5.94. The zero-order valence-corrected chi connectivity index (χ0v) is 12.8. The van der Waals surface area contributed by atoms with Crippen molar-refractivity contribution < 1.29 is 0 Å². The fourth-order valence-electron chi connectivity index (χ4n) is 2.98. The summed E-state index contributed by atoms with van der Waals surface area (Å²) in [5, 5.41) is 0. The lowest BCUT2D eigenvalue weighted by Gasteiger charge is -2.34. The molecule has 0 aliphatic carbocycles. The number of imidazole rings is 1. The zero-order valence-electron chi connectivity index (χ0n) is 12.8. The SMILES string of the molecule is CN1CCN(c2ccc(-c3nc4ccccc4[nH]3)cc2)CC1. The number of aromatic nitrogens is 2. The molecule has 1 aliphatic heterocycles. The van der Waals surface area contributed by atoms with Gasteiger partial charge in [0.05, 0.1) is 11.0 Å². The molecule has 0 radical (unpaired) electrons. The molecule has 1 fully saturated rings. The summed E-state index contributed by atoms with van der Waals surface area (Å²) in [4.78, 5) is 12.9. The van der Waals surface area contributed by atoms with Crippen molar-refractivity contribution in [2.75, 3.05) is 38.1 Å². The van der Waals surface area contributed by atoms with Gasteiger partial charge in [0.1, 0.15) is 5.82 Å². The number of piperazine rings is 1. The Hall–Kier alpha value is -2.33. The number of H-pyrrole nitrogens is 1. The fraction of sp³-hybridized carbons (Fsp3) is 0.278. The van der Waals surface area contributed by atoms with E-state index in [-0.39, 0.29) is 0 Å². The van der Waals surface area contributed by atoms with Gasteiger partial charge in [-0.05, 0) is 43.4 Å². The number of nitrogens with one attached hydrogen (secondary N) is 1. The van der Waals surface area contributed by atoms with E-state index in [1.54, 1.807) is 0 Å². The third kappa shape index (κ3) is 2.46. The quantitative estimate of drug-likeness (QED) is 0.788. The normalized spacial score (nSPS) is 16.3. The summed E-state index contributed by atoms with van der Waals surface area (Å²) in [6.07, 6.45) is 0. The van der Waals surface area contributed by atoms with Gasteiger partial charge < -0.3 is 14.8 Å². The number of para-hydroxylation sites is 2. The van der Waals surface area contributed by atoms with Crippen molar-refractivity contribution >= 4 is 16.7 Å². The molecule has 4 nitrogen and oxygen atoms in total. The van der Waals surface area contributed by atoms with Crippen LogP contribution in [0.3, 0.4) is 0 Å². The molecule has 4 heteroatoms. The Kier molecular flexibility index (Phi) is 3.31. The van der Waals surface area contributed by atoms with Crippen molar-refractivity contribution in [3.8, 4) is 11.4 Å². The molecule has 1 aromatic heterocycles. The largest absolute Gasteiger partial charge is 0.369 e. The molecule has 0 atom stereocenters. The number of likely N-dealkylation sites (N-methyl/N-ethyl adjacent to an activating group) is 1. The highest BCUT2D eigenvalue weighted by molar-refractivity contribution is 5.79. The molecular weight excluding hydrogens is 272 g/mol. The Morgan fingerprint density at radius 3 is 2.36 bits per heavy atom. The average Bonchev–Trinajstić information content (AvgIpc) is 3.00. The summed E-state index contributed by atoms with van der Waals surface area (Å²) in [5.41, 5.74) is 4.53.